The van der Waals surface area contributed by atoms with Crippen LogP contribution in [0, 0.1) is 13.8 Å². The van der Waals surface area contributed by atoms with Crippen LogP contribution >= 0.6 is 0 Å². The van der Waals surface area contributed by atoms with Crippen molar-refractivity contribution >= 4 is 11.0 Å². The van der Waals surface area contributed by atoms with E-state index in [0.29, 0.717) is 22.8 Å². The molecule has 1 aromatic carbocycles. The van der Waals surface area contributed by atoms with E-state index in [2.05, 4.69) is 11.2 Å². The average molecular weight is 324 g/mol. The number of aryl methyl sites for hydroxylation is 2. The Morgan fingerprint density at radius 2 is 1.96 bits per heavy atom. The molecule has 24 heavy (non-hydrogen) atoms. The van der Waals surface area contributed by atoms with Crippen molar-refractivity contribution in [1.29, 1.82) is 0 Å². The molecule has 1 saturated carbocycles. The topological polar surface area (TPSA) is 57.3 Å². The minimum Gasteiger partial charge on any atom is -0.496 e. The number of benzene rings is 1. The molecule has 1 aliphatic rings. The summed E-state index contributed by atoms with van der Waals surface area (Å²) in [5, 5.41) is 5.47. The van der Waals surface area contributed by atoms with Crippen molar-refractivity contribution in [3.8, 4) is 17.0 Å². The maximum absolute atomic E-state index is 12.0. The van der Waals surface area contributed by atoms with Gasteiger partial charge in [0.2, 0.25) is 0 Å². The van der Waals surface area contributed by atoms with Crippen LogP contribution in [-0.2, 0) is 7.05 Å². The molecular weight excluding hydrogens is 304 g/mol. The number of aromatic nitrogens is 2. The highest BCUT2D eigenvalue weighted by molar-refractivity contribution is 5.91. The van der Waals surface area contributed by atoms with Crippen LogP contribution in [0.15, 0.2) is 27.4 Å². The zero-order valence-electron chi connectivity index (χ0n) is 14.3. The summed E-state index contributed by atoms with van der Waals surface area (Å²) in [6.45, 7) is 3.69. The predicted octanol–water partition coefficient (Wildman–Crippen LogP) is 3.70. The fourth-order valence-electron chi connectivity index (χ4n) is 3.25. The van der Waals surface area contributed by atoms with Gasteiger partial charge in [-0.15, -0.1) is 0 Å². The summed E-state index contributed by atoms with van der Waals surface area (Å²) in [4.78, 5) is 12.0. The molecule has 124 valence electrons. The number of fused-ring (bicyclic) bond motifs is 1. The lowest BCUT2D eigenvalue weighted by Gasteiger charge is -2.10. The van der Waals surface area contributed by atoms with Gasteiger partial charge in [-0.25, -0.2) is 4.79 Å². The van der Waals surface area contributed by atoms with Crippen LogP contribution in [0.4, 0.5) is 0 Å². The van der Waals surface area contributed by atoms with E-state index in [-0.39, 0.29) is 5.63 Å². The number of hydrogen-bond donors (Lipinski definition) is 0. The van der Waals surface area contributed by atoms with Gasteiger partial charge in [-0.1, -0.05) is 0 Å². The lowest BCUT2D eigenvalue weighted by Crippen LogP contribution is -2.06. The van der Waals surface area contributed by atoms with Gasteiger partial charge in [-0.3, -0.25) is 4.68 Å². The van der Waals surface area contributed by atoms with E-state index in [1.807, 2.05) is 30.8 Å². The summed E-state index contributed by atoms with van der Waals surface area (Å²) < 4.78 is 13.0. The van der Waals surface area contributed by atoms with E-state index in [9.17, 15) is 4.79 Å². The van der Waals surface area contributed by atoms with Crippen molar-refractivity contribution in [1.82, 2.24) is 9.78 Å². The minimum absolute atomic E-state index is 0.307. The van der Waals surface area contributed by atoms with Crippen LogP contribution in [-0.4, -0.2) is 16.9 Å². The second kappa shape index (κ2) is 5.23. The van der Waals surface area contributed by atoms with E-state index in [0.717, 1.165) is 22.2 Å². The number of methoxy groups -OCH3 is 1. The largest absolute Gasteiger partial charge is 0.496 e. The Morgan fingerprint density at radius 3 is 2.62 bits per heavy atom. The van der Waals surface area contributed by atoms with Gasteiger partial charge in [0.15, 0.2) is 0 Å². The van der Waals surface area contributed by atoms with Gasteiger partial charge >= 0.3 is 5.63 Å². The van der Waals surface area contributed by atoms with Gasteiger partial charge in [0.1, 0.15) is 11.3 Å². The van der Waals surface area contributed by atoms with Gasteiger partial charge in [0.05, 0.1) is 18.2 Å². The van der Waals surface area contributed by atoms with Crippen LogP contribution < -0.4 is 10.4 Å². The third-order valence-corrected chi connectivity index (χ3v) is 4.94. The van der Waals surface area contributed by atoms with Crippen LogP contribution in [0.3, 0.4) is 0 Å². The Morgan fingerprint density at radius 1 is 1.21 bits per heavy atom. The van der Waals surface area contributed by atoms with Crippen molar-refractivity contribution < 1.29 is 9.15 Å². The molecule has 0 amide bonds. The van der Waals surface area contributed by atoms with Crippen molar-refractivity contribution in [2.75, 3.05) is 7.11 Å². The second-order valence-electron chi connectivity index (χ2n) is 6.54. The van der Waals surface area contributed by atoms with Gasteiger partial charge in [-0.05, 0) is 50.5 Å². The fourth-order valence-corrected chi connectivity index (χ4v) is 3.25. The van der Waals surface area contributed by atoms with E-state index >= 15 is 0 Å². The molecule has 1 fully saturated rings. The molecule has 5 heteroatoms. The molecular formula is C19H20N2O3. The molecule has 3 aromatic rings. The van der Waals surface area contributed by atoms with Crippen LogP contribution in [0.2, 0.25) is 0 Å². The van der Waals surface area contributed by atoms with E-state index in [1.54, 1.807) is 14.0 Å². The molecule has 0 aliphatic heterocycles. The lowest BCUT2D eigenvalue weighted by molar-refractivity contribution is 0.418. The number of rotatable bonds is 3. The Balaban J connectivity index is 1.95. The summed E-state index contributed by atoms with van der Waals surface area (Å²) in [5.41, 5.74) is 4.76. The highest BCUT2D eigenvalue weighted by atomic mass is 16.5. The average Bonchev–Trinajstić information content (AvgIpc) is 3.33. The molecule has 0 saturated heterocycles. The molecule has 2 aromatic heterocycles. The van der Waals surface area contributed by atoms with Gasteiger partial charge in [0.25, 0.3) is 0 Å². The molecule has 1 aliphatic carbocycles. The molecule has 0 unspecified atom stereocenters. The summed E-state index contributed by atoms with van der Waals surface area (Å²) in [7, 11) is 3.61. The molecule has 0 bridgehead atoms. The molecule has 5 nitrogen and oxygen atoms in total. The first-order valence-corrected chi connectivity index (χ1v) is 8.16. The van der Waals surface area contributed by atoms with Crippen molar-refractivity contribution in [3.63, 3.8) is 0 Å². The molecule has 0 atom stereocenters. The van der Waals surface area contributed by atoms with E-state index in [4.69, 9.17) is 9.15 Å². The van der Waals surface area contributed by atoms with Crippen molar-refractivity contribution in [2.45, 2.75) is 32.6 Å². The van der Waals surface area contributed by atoms with Crippen molar-refractivity contribution in [3.05, 3.63) is 45.4 Å². The normalized spacial score (nSPS) is 14.3. The highest BCUT2D eigenvalue weighted by Gasteiger charge is 2.27. The van der Waals surface area contributed by atoms with E-state index in [1.165, 1.54) is 18.5 Å². The van der Waals surface area contributed by atoms with Crippen LogP contribution in [0.5, 0.6) is 5.75 Å². The van der Waals surface area contributed by atoms with Gasteiger partial charge in [0, 0.05) is 29.8 Å². The number of hydrogen-bond acceptors (Lipinski definition) is 4. The molecule has 0 spiro atoms. The molecule has 2 heterocycles. The Labute approximate surface area is 139 Å². The maximum Gasteiger partial charge on any atom is 0.339 e. The lowest BCUT2D eigenvalue weighted by atomic mass is 10.0. The summed E-state index contributed by atoms with van der Waals surface area (Å²) in [5.74, 6) is 1.33. The Kier molecular flexibility index (Phi) is 3.27. The number of ether oxygens (including phenoxy) is 1. The van der Waals surface area contributed by atoms with Crippen molar-refractivity contribution in [2.24, 2.45) is 7.05 Å². The molecule has 0 N–H and O–H groups in total. The monoisotopic (exact) mass is 324 g/mol. The number of nitrogens with zero attached hydrogens (tertiary/aromatic N) is 2. The summed E-state index contributed by atoms with van der Waals surface area (Å²) >= 11 is 0. The highest BCUT2D eigenvalue weighted by Crippen LogP contribution is 2.41. The maximum atomic E-state index is 12.0. The first-order chi connectivity index (χ1) is 11.5. The first-order valence-electron chi connectivity index (χ1n) is 8.16. The first kappa shape index (κ1) is 15.0. The third kappa shape index (κ3) is 2.23. The Bertz CT molecular complexity index is 1010. The smallest absolute Gasteiger partial charge is 0.339 e. The van der Waals surface area contributed by atoms with Gasteiger partial charge in [-0.2, -0.15) is 5.10 Å². The zero-order valence-corrected chi connectivity index (χ0v) is 14.3. The standard InChI is InChI=1S/C19H20N2O3/c1-10-11(2)19(22)24-17-8-13(7-16(23-4)18(10)17)14-9-15(12-5-6-12)21(3)20-14/h7-9,12H,5-6H2,1-4H3. The van der Waals surface area contributed by atoms with Crippen LogP contribution in [0.1, 0.15) is 35.6 Å². The zero-order chi connectivity index (χ0) is 17.0. The molecule has 0 radical (unpaired) electrons. The van der Waals surface area contributed by atoms with Gasteiger partial charge < -0.3 is 9.15 Å². The van der Waals surface area contributed by atoms with E-state index < -0.39 is 0 Å². The summed E-state index contributed by atoms with van der Waals surface area (Å²) in [6.07, 6.45) is 2.46. The summed E-state index contributed by atoms with van der Waals surface area (Å²) in [6, 6.07) is 5.97. The quantitative estimate of drug-likeness (QED) is 0.689. The van der Waals surface area contributed by atoms with Crippen LogP contribution in [0.25, 0.3) is 22.2 Å². The molecule has 4 rings (SSSR count). The minimum atomic E-state index is -0.307. The second-order valence-corrected chi connectivity index (χ2v) is 6.54. The Hall–Kier alpha value is -2.56. The predicted molar refractivity (Wildman–Crippen MR) is 92.7 cm³/mol. The SMILES string of the molecule is COc1cc(-c2cc(C3CC3)n(C)n2)cc2oc(=O)c(C)c(C)c12. The fraction of sp³-hybridized carbons (Fsp3) is 0.368. The third-order valence-electron chi connectivity index (χ3n) is 4.94.